The molecule has 8 heteroatoms. The van der Waals surface area contributed by atoms with Crippen molar-refractivity contribution in [1.82, 2.24) is 29.7 Å². The molecule has 3 rings (SSSR count). The van der Waals surface area contributed by atoms with Crippen molar-refractivity contribution in [1.29, 1.82) is 0 Å². The highest BCUT2D eigenvalue weighted by atomic mass is 32.2. The first-order chi connectivity index (χ1) is 10.3. The Labute approximate surface area is 125 Å². The Morgan fingerprint density at radius 2 is 2.10 bits per heavy atom. The third-order valence-electron chi connectivity index (χ3n) is 2.48. The fraction of sp³-hybridized carbons (Fsp3) is 0.154. The molecule has 0 atom stereocenters. The van der Waals surface area contributed by atoms with Crippen LogP contribution in [-0.4, -0.2) is 36.3 Å². The van der Waals surface area contributed by atoms with Gasteiger partial charge in [-0.3, -0.25) is 0 Å². The van der Waals surface area contributed by atoms with E-state index in [0.717, 1.165) is 11.6 Å². The van der Waals surface area contributed by atoms with E-state index in [0.29, 0.717) is 17.1 Å². The number of pyridine rings is 1. The lowest BCUT2D eigenvalue weighted by Crippen LogP contribution is -2.09. The number of hydrogen-bond acceptors (Lipinski definition) is 7. The molecule has 106 valence electrons. The predicted molar refractivity (Wildman–Crippen MR) is 79.5 cm³/mol. The Morgan fingerprint density at radius 3 is 2.81 bits per heavy atom. The van der Waals surface area contributed by atoms with Gasteiger partial charge in [-0.1, -0.05) is 6.07 Å². The van der Waals surface area contributed by atoms with Crippen molar-refractivity contribution in [3.05, 3.63) is 42.9 Å². The number of rotatable bonds is 5. The van der Waals surface area contributed by atoms with E-state index in [2.05, 4.69) is 30.4 Å². The third-order valence-corrected chi connectivity index (χ3v) is 3.30. The van der Waals surface area contributed by atoms with E-state index in [1.54, 1.807) is 23.3 Å². The standard InChI is InChI=1S/C13H13N7S/c1-2-14-11-17-12(20-9-5-8-16-20)19-13(18-11)21-10-6-3-4-7-15-10/h3-9H,2H2,1H3,(H,14,17,18,19). The smallest absolute Gasteiger partial charge is 0.256 e. The molecule has 0 unspecified atom stereocenters. The molecule has 0 aliphatic rings. The van der Waals surface area contributed by atoms with Gasteiger partial charge in [0.25, 0.3) is 5.95 Å². The minimum Gasteiger partial charge on any atom is -0.354 e. The molecule has 0 bridgehead atoms. The topological polar surface area (TPSA) is 81.4 Å². The fourth-order valence-corrected chi connectivity index (χ4v) is 2.33. The molecule has 21 heavy (non-hydrogen) atoms. The molecule has 0 aromatic carbocycles. The Balaban J connectivity index is 1.95. The molecule has 0 radical (unpaired) electrons. The van der Waals surface area contributed by atoms with Crippen LogP contribution in [0.3, 0.4) is 0 Å². The normalized spacial score (nSPS) is 10.5. The van der Waals surface area contributed by atoms with E-state index in [1.807, 2.05) is 31.2 Å². The van der Waals surface area contributed by atoms with Crippen LogP contribution < -0.4 is 5.32 Å². The molecule has 3 heterocycles. The number of hydrogen-bond donors (Lipinski definition) is 1. The summed E-state index contributed by atoms with van der Waals surface area (Å²) in [4.78, 5) is 17.4. The zero-order chi connectivity index (χ0) is 14.5. The molecule has 0 aliphatic heterocycles. The third kappa shape index (κ3) is 3.34. The summed E-state index contributed by atoms with van der Waals surface area (Å²) in [6, 6.07) is 7.53. The summed E-state index contributed by atoms with van der Waals surface area (Å²) in [6.45, 7) is 2.72. The molecule has 0 saturated carbocycles. The Kier molecular flexibility index (Phi) is 4.06. The zero-order valence-corrected chi connectivity index (χ0v) is 12.2. The van der Waals surface area contributed by atoms with Gasteiger partial charge in [0.2, 0.25) is 11.1 Å². The van der Waals surface area contributed by atoms with Crippen molar-refractivity contribution in [2.75, 3.05) is 11.9 Å². The van der Waals surface area contributed by atoms with Crippen molar-refractivity contribution in [3.8, 4) is 5.95 Å². The molecule has 1 N–H and O–H groups in total. The van der Waals surface area contributed by atoms with Crippen LogP contribution >= 0.6 is 11.8 Å². The minimum atomic E-state index is 0.476. The molecule has 3 aromatic rings. The summed E-state index contributed by atoms with van der Waals surface area (Å²) in [5, 5.41) is 8.65. The minimum absolute atomic E-state index is 0.476. The SMILES string of the molecule is CCNc1nc(Sc2ccccn2)nc(-n2cccn2)n1. The van der Waals surface area contributed by atoms with Crippen LogP contribution in [0.1, 0.15) is 6.92 Å². The maximum atomic E-state index is 4.41. The first-order valence-electron chi connectivity index (χ1n) is 6.44. The maximum Gasteiger partial charge on any atom is 0.256 e. The van der Waals surface area contributed by atoms with Gasteiger partial charge in [0.1, 0.15) is 5.03 Å². The van der Waals surface area contributed by atoms with Crippen LogP contribution in [0.15, 0.2) is 53.0 Å². The lowest BCUT2D eigenvalue weighted by molar-refractivity contribution is 0.760. The maximum absolute atomic E-state index is 4.41. The lowest BCUT2D eigenvalue weighted by Gasteiger charge is -2.07. The molecule has 0 amide bonds. The van der Waals surface area contributed by atoms with Gasteiger partial charge in [-0.25, -0.2) is 9.67 Å². The van der Waals surface area contributed by atoms with Crippen molar-refractivity contribution in [2.45, 2.75) is 17.1 Å². The van der Waals surface area contributed by atoms with Gasteiger partial charge in [-0.05, 0) is 36.9 Å². The van der Waals surface area contributed by atoms with Crippen LogP contribution in [0, 0.1) is 0 Å². The Hall–Kier alpha value is -2.48. The Morgan fingerprint density at radius 1 is 1.14 bits per heavy atom. The summed E-state index contributed by atoms with van der Waals surface area (Å²) >= 11 is 1.38. The summed E-state index contributed by atoms with van der Waals surface area (Å²) in [5.41, 5.74) is 0. The average Bonchev–Trinajstić information content (AvgIpc) is 3.03. The van der Waals surface area contributed by atoms with Gasteiger partial charge in [0.05, 0.1) is 0 Å². The summed E-state index contributed by atoms with van der Waals surface area (Å²) in [7, 11) is 0. The van der Waals surface area contributed by atoms with Crippen molar-refractivity contribution in [2.24, 2.45) is 0 Å². The molecule has 7 nitrogen and oxygen atoms in total. The number of anilines is 1. The molecular formula is C13H13N7S. The highest BCUT2D eigenvalue weighted by Crippen LogP contribution is 2.23. The second-order valence-electron chi connectivity index (χ2n) is 3.99. The van der Waals surface area contributed by atoms with E-state index < -0.39 is 0 Å². The largest absolute Gasteiger partial charge is 0.354 e. The highest BCUT2D eigenvalue weighted by molar-refractivity contribution is 7.99. The molecule has 0 spiro atoms. The van der Waals surface area contributed by atoms with Gasteiger partial charge >= 0.3 is 0 Å². The molecule has 3 aromatic heterocycles. The van der Waals surface area contributed by atoms with Gasteiger partial charge in [0, 0.05) is 25.1 Å². The van der Waals surface area contributed by atoms with Crippen molar-refractivity contribution < 1.29 is 0 Å². The second kappa shape index (κ2) is 6.31. The lowest BCUT2D eigenvalue weighted by atomic mass is 10.5. The highest BCUT2D eigenvalue weighted by Gasteiger charge is 2.09. The first-order valence-corrected chi connectivity index (χ1v) is 7.25. The quantitative estimate of drug-likeness (QED) is 0.772. The zero-order valence-electron chi connectivity index (χ0n) is 11.3. The molecular weight excluding hydrogens is 286 g/mol. The average molecular weight is 299 g/mol. The first kappa shape index (κ1) is 13.5. The van der Waals surface area contributed by atoms with Crippen LogP contribution in [0.25, 0.3) is 5.95 Å². The number of nitrogens with one attached hydrogen (secondary N) is 1. The summed E-state index contributed by atoms with van der Waals surface area (Å²) < 4.78 is 1.60. The van der Waals surface area contributed by atoms with Gasteiger partial charge in [-0.15, -0.1) is 0 Å². The molecule has 0 aliphatic carbocycles. The van der Waals surface area contributed by atoms with Gasteiger partial charge < -0.3 is 5.32 Å². The monoisotopic (exact) mass is 299 g/mol. The predicted octanol–water partition coefficient (Wildman–Crippen LogP) is 2.04. The number of nitrogens with zero attached hydrogens (tertiary/aromatic N) is 6. The van der Waals surface area contributed by atoms with Crippen molar-refractivity contribution >= 4 is 17.7 Å². The summed E-state index contributed by atoms with van der Waals surface area (Å²) in [5.74, 6) is 1.00. The molecule has 0 fully saturated rings. The van der Waals surface area contributed by atoms with Crippen LogP contribution in [0.5, 0.6) is 0 Å². The van der Waals surface area contributed by atoms with Gasteiger partial charge in [0.15, 0.2) is 0 Å². The van der Waals surface area contributed by atoms with E-state index in [-0.39, 0.29) is 0 Å². The van der Waals surface area contributed by atoms with E-state index in [4.69, 9.17) is 0 Å². The summed E-state index contributed by atoms with van der Waals surface area (Å²) in [6.07, 6.45) is 5.21. The van der Waals surface area contributed by atoms with Crippen molar-refractivity contribution in [3.63, 3.8) is 0 Å². The van der Waals surface area contributed by atoms with E-state index in [1.165, 1.54) is 11.8 Å². The van der Waals surface area contributed by atoms with Crippen LogP contribution in [0.4, 0.5) is 5.95 Å². The molecule has 0 saturated heterocycles. The number of aromatic nitrogens is 6. The van der Waals surface area contributed by atoms with Crippen LogP contribution in [-0.2, 0) is 0 Å². The second-order valence-corrected chi connectivity index (χ2v) is 4.98. The van der Waals surface area contributed by atoms with Gasteiger partial charge in [-0.2, -0.15) is 20.1 Å². The van der Waals surface area contributed by atoms with E-state index in [9.17, 15) is 0 Å². The Bertz CT molecular complexity index is 700. The van der Waals surface area contributed by atoms with Crippen LogP contribution in [0.2, 0.25) is 0 Å². The van der Waals surface area contributed by atoms with E-state index >= 15 is 0 Å². The fourth-order valence-electron chi connectivity index (χ4n) is 1.62.